The van der Waals surface area contributed by atoms with Crippen molar-refractivity contribution in [2.75, 3.05) is 0 Å². The summed E-state index contributed by atoms with van der Waals surface area (Å²) in [5, 5.41) is 13.9. The maximum Gasteiger partial charge on any atom is 0.391 e. The van der Waals surface area contributed by atoms with Gasteiger partial charge in [-0.05, 0) is 12.1 Å². The van der Waals surface area contributed by atoms with Crippen LogP contribution in [-0.4, -0.2) is 38.7 Å². The minimum atomic E-state index is -4.32. The number of tetrazole rings is 1. The number of nitrogens with zero attached hydrogens (tertiary/aromatic N) is 3. The number of aromatic amines is 1. The molecule has 1 atom stereocenters. The molecule has 2 N–H and O–H groups in total. The summed E-state index contributed by atoms with van der Waals surface area (Å²) in [5.41, 5.74) is 0. The summed E-state index contributed by atoms with van der Waals surface area (Å²) in [6.45, 7) is 1.24. The SMILES string of the molecule is CC(CC(F)(F)F)NC(=O)c1nn[nH]n1. The van der Waals surface area contributed by atoms with E-state index in [4.69, 9.17) is 0 Å². The van der Waals surface area contributed by atoms with E-state index in [-0.39, 0.29) is 5.82 Å². The van der Waals surface area contributed by atoms with E-state index < -0.39 is 24.5 Å². The third-order valence-corrected chi connectivity index (χ3v) is 1.46. The molecule has 0 aliphatic rings. The highest BCUT2D eigenvalue weighted by Gasteiger charge is 2.31. The molecule has 0 saturated heterocycles. The molecule has 0 aliphatic carbocycles. The minimum Gasteiger partial charge on any atom is -0.346 e. The van der Waals surface area contributed by atoms with Crippen LogP contribution in [0.4, 0.5) is 13.2 Å². The number of carbonyl (C=O) groups excluding carboxylic acids is 1. The van der Waals surface area contributed by atoms with Crippen molar-refractivity contribution in [3.8, 4) is 0 Å². The van der Waals surface area contributed by atoms with Crippen LogP contribution in [0.2, 0.25) is 0 Å². The number of amides is 1. The second-order valence-corrected chi connectivity index (χ2v) is 2.93. The topological polar surface area (TPSA) is 83.6 Å². The first kappa shape index (κ1) is 11.4. The number of H-pyrrole nitrogens is 1. The van der Waals surface area contributed by atoms with E-state index in [0.29, 0.717) is 0 Å². The highest BCUT2D eigenvalue weighted by atomic mass is 19.4. The molecule has 1 rings (SSSR count). The van der Waals surface area contributed by atoms with Gasteiger partial charge in [0.2, 0.25) is 0 Å². The van der Waals surface area contributed by atoms with Crippen LogP contribution in [-0.2, 0) is 0 Å². The van der Waals surface area contributed by atoms with E-state index in [0.717, 1.165) is 0 Å². The number of rotatable bonds is 3. The van der Waals surface area contributed by atoms with Gasteiger partial charge in [-0.15, -0.1) is 10.2 Å². The fourth-order valence-electron chi connectivity index (χ4n) is 0.945. The average Bonchev–Trinajstić information content (AvgIpc) is 2.50. The van der Waals surface area contributed by atoms with Crippen molar-refractivity contribution < 1.29 is 18.0 Å². The first-order valence-corrected chi connectivity index (χ1v) is 3.99. The van der Waals surface area contributed by atoms with Crippen molar-refractivity contribution in [3.05, 3.63) is 5.82 Å². The van der Waals surface area contributed by atoms with Crippen molar-refractivity contribution in [1.29, 1.82) is 0 Å². The minimum absolute atomic E-state index is 0.288. The van der Waals surface area contributed by atoms with E-state index in [1.165, 1.54) is 6.92 Å². The fraction of sp³-hybridized carbons (Fsp3) is 0.667. The molecule has 1 heterocycles. The predicted octanol–water partition coefficient (Wildman–Crippen LogP) is 0.270. The van der Waals surface area contributed by atoms with Gasteiger partial charge < -0.3 is 5.32 Å². The first-order valence-electron chi connectivity index (χ1n) is 3.99. The number of aromatic nitrogens is 4. The quantitative estimate of drug-likeness (QED) is 0.770. The van der Waals surface area contributed by atoms with Crippen LogP contribution >= 0.6 is 0 Å². The largest absolute Gasteiger partial charge is 0.391 e. The summed E-state index contributed by atoms with van der Waals surface area (Å²) in [7, 11) is 0. The van der Waals surface area contributed by atoms with Crippen LogP contribution < -0.4 is 5.32 Å². The van der Waals surface area contributed by atoms with Crippen LogP contribution in [0, 0.1) is 0 Å². The first-order chi connectivity index (χ1) is 6.88. The second kappa shape index (κ2) is 4.24. The molecule has 84 valence electrons. The molecule has 0 radical (unpaired) electrons. The Kier molecular flexibility index (Phi) is 3.22. The highest BCUT2D eigenvalue weighted by molar-refractivity contribution is 5.90. The summed E-state index contributed by atoms with van der Waals surface area (Å²) in [5.74, 6) is -1.08. The Morgan fingerprint density at radius 2 is 2.27 bits per heavy atom. The molecule has 0 spiro atoms. The van der Waals surface area contributed by atoms with Crippen LogP contribution in [0.1, 0.15) is 24.0 Å². The Bertz CT molecular complexity index is 322. The summed E-state index contributed by atoms with van der Waals surface area (Å²) < 4.78 is 35.7. The summed E-state index contributed by atoms with van der Waals surface area (Å²) in [4.78, 5) is 11.1. The zero-order chi connectivity index (χ0) is 11.5. The zero-order valence-electron chi connectivity index (χ0n) is 7.67. The van der Waals surface area contributed by atoms with Gasteiger partial charge in [0, 0.05) is 6.04 Å². The number of alkyl halides is 3. The molecule has 6 nitrogen and oxygen atoms in total. The van der Waals surface area contributed by atoms with Crippen LogP contribution in [0.15, 0.2) is 0 Å². The Morgan fingerprint density at radius 3 is 2.73 bits per heavy atom. The monoisotopic (exact) mass is 223 g/mol. The number of hydrogen-bond acceptors (Lipinski definition) is 4. The Morgan fingerprint density at radius 1 is 1.60 bits per heavy atom. The summed E-state index contributed by atoms with van der Waals surface area (Å²) in [6, 6.07) is -1.03. The molecule has 1 amide bonds. The number of carbonyl (C=O) groups is 1. The van der Waals surface area contributed by atoms with E-state index in [1.54, 1.807) is 0 Å². The molecule has 0 bridgehead atoms. The van der Waals surface area contributed by atoms with Gasteiger partial charge in [0.25, 0.3) is 11.7 Å². The van der Waals surface area contributed by atoms with Crippen molar-refractivity contribution in [2.45, 2.75) is 25.6 Å². The number of halogens is 3. The summed E-state index contributed by atoms with van der Waals surface area (Å²) in [6.07, 6.45) is -5.42. The van der Waals surface area contributed by atoms with Gasteiger partial charge in [-0.3, -0.25) is 4.79 Å². The fourth-order valence-corrected chi connectivity index (χ4v) is 0.945. The highest BCUT2D eigenvalue weighted by Crippen LogP contribution is 2.21. The maximum absolute atomic E-state index is 11.9. The molecule has 0 aromatic carbocycles. The lowest BCUT2D eigenvalue weighted by Crippen LogP contribution is -2.36. The maximum atomic E-state index is 11.9. The lowest BCUT2D eigenvalue weighted by Gasteiger charge is -2.14. The van der Waals surface area contributed by atoms with Gasteiger partial charge in [-0.1, -0.05) is 0 Å². The standard InChI is InChI=1S/C6H8F3N5O/c1-3(2-6(7,8)9)10-5(15)4-11-13-14-12-4/h3H,2H2,1H3,(H,10,15)(H,11,12,13,14). The van der Waals surface area contributed by atoms with Gasteiger partial charge in [0.05, 0.1) is 6.42 Å². The normalized spacial score (nSPS) is 13.6. The van der Waals surface area contributed by atoms with Gasteiger partial charge in [-0.25, -0.2) is 0 Å². The van der Waals surface area contributed by atoms with Gasteiger partial charge in [-0.2, -0.15) is 18.4 Å². The van der Waals surface area contributed by atoms with E-state index in [9.17, 15) is 18.0 Å². The lowest BCUT2D eigenvalue weighted by atomic mass is 10.2. The molecule has 1 unspecified atom stereocenters. The van der Waals surface area contributed by atoms with Crippen LogP contribution in [0.25, 0.3) is 0 Å². The predicted molar refractivity (Wildman–Crippen MR) is 41.8 cm³/mol. The van der Waals surface area contributed by atoms with Crippen LogP contribution in [0.5, 0.6) is 0 Å². The Balaban J connectivity index is 2.45. The average molecular weight is 223 g/mol. The zero-order valence-corrected chi connectivity index (χ0v) is 7.67. The van der Waals surface area contributed by atoms with Crippen LogP contribution in [0.3, 0.4) is 0 Å². The molecule has 1 aromatic heterocycles. The van der Waals surface area contributed by atoms with E-state index in [1.807, 2.05) is 5.21 Å². The molecule has 15 heavy (non-hydrogen) atoms. The molecule has 0 aliphatic heterocycles. The third kappa shape index (κ3) is 3.92. The van der Waals surface area contributed by atoms with Gasteiger partial charge in [0.1, 0.15) is 0 Å². The Hall–Kier alpha value is -1.67. The molecule has 1 aromatic rings. The molecular weight excluding hydrogens is 215 g/mol. The third-order valence-electron chi connectivity index (χ3n) is 1.46. The van der Waals surface area contributed by atoms with E-state index in [2.05, 4.69) is 20.7 Å². The van der Waals surface area contributed by atoms with E-state index >= 15 is 0 Å². The molecule has 9 heteroatoms. The van der Waals surface area contributed by atoms with Gasteiger partial charge in [0.15, 0.2) is 0 Å². The number of hydrogen-bond donors (Lipinski definition) is 2. The smallest absolute Gasteiger partial charge is 0.346 e. The van der Waals surface area contributed by atoms with Crippen molar-refractivity contribution in [1.82, 2.24) is 25.9 Å². The lowest BCUT2D eigenvalue weighted by molar-refractivity contribution is -0.138. The molecule has 0 saturated carbocycles. The van der Waals surface area contributed by atoms with Crippen molar-refractivity contribution >= 4 is 5.91 Å². The second-order valence-electron chi connectivity index (χ2n) is 2.93. The Labute approximate surface area is 82.2 Å². The molecule has 0 fully saturated rings. The molecular formula is C6H8F3N5O. The van der Waals surface area contributed by atoms with Crippen molar-refractivity contribution in [3.63, 3.8) is 0 Å². The summed E-state index contributed by atoms with van der Waals surface area (Å²) >= 11 is 0. The van der Waals surface area contributed by atoms with Crippen molar-refractivity contribution in [2.24, 2.45) is 0 Å². The van der Waals surface area contributed by atoms with Gasteiger partial charge >= 0.3 is 6.18 Å². The number of nitrogens with one attached hydrogen (secondary N) is 2.